The summed E-state index contributed by atoms with van der Waals surface area (Å²) < 4.78 is 15.5. The first-order valence-electron chi connectivity index (χ1n) is 22.7. The Labute approximate surface area is 361 Å². The third-order valence-corrected chi connectivity index (χ3v) is 13.4. The third-order valence-electron chi connectivity index (χ3n) is 13.4. The zero-order chi connectivity index (χ0) is 43.9. The van der Waals surface area contributed by atoms with E-state index >= 15 is 0 Å². The number of aliphatic hydroxyl groups excluding tert-OH is 1. The molecule has 2 aromatic heterocycles. The minimum absolute atomic E-state index is 0.0382. The first kappa shape index (κ1) is 47.7. The Morgan fingerprint density at radius 1 is 0.689 bits per heavy atom. The van der Waals surface area contributed by atoms with Crippen LogP contribution in [-0.2, 0) is 41.4 Å². The molecular weight excluding hydrogens is 779 g/mol. The van der Waals surface area contributed by atoms with Gasteiger partial charge in [-0.1, -0.05) is 0 Å². The second kappa shape index (κ2) is 22.7. The summed E-state index contributed by atoms with van der Waals surface area (Å²) in [5.74, 6) is 2.44. The Hall–Kier alpha value is -4.33. The number of aliphatic hydroxyl groups is 1. The molecule has 9 aliphatic rings. The third kappa shape index (κ3) is 15.2. The van der Waals surface area contributed by atoms with Crippen molar-refractivity contribution in [3.05, 3.63) is 48.6 Å². The summed E-state index contributed by atoms with van der Waals surface area (Å²) in [5, 5.41) is 12.5. The molecule has 15 heteroatoms. The second-order valence-corrected chi connectivity index (χ2v) is 18.8. The lowest BCUT2D eigenvalue weighted by atomic mass is 9.66. The van der Waals surface area contributed by atoms with Gasteiger partial charge in [0, 0.05) is 42.3 Å². The van der Waals surface area contributed by atoms with Crippen LogP contribution >= 0.6 is 0 Å². The van der Waals surface area contributed by atoms with Crippen LogP contribution in [0.25, 0.3) is 0 Å². The molecule has 0 aliphatic heterocycles. The maximum Gasteiger partial charge on any atom is 0.408 e. The minimum Gasteiger partial charge on any atom is -0.461 e. The number of fused-ring (bicyclic) bond motifs is 9. The number of esters is 2. The van der Waals surface area contributed by atoms with E-state index in [0.717, 1.165) is 75.5 Å². The summed E-state index contributed by atoms with van der Waals surface area (Å²) in [6, 6.07) is 3.36. The van der Waals surface area contributed by atoms with Crippen LogP contribution in [0.15, 0.2) is 41.9 Å². The molecule has 2 aromatic rings. The van der Waals surface area contributed by atoms with Crippen LogP contribution < -0.4 is 11.1 Å². The topological polar surface area (TPSA) is 218 Å². The van der Waals surface area contributed by atoms with E-state index < -0.39 is 30.2 Å². The lowest BCUT2D eigenvalue weighted by Gasteiger charge is -2.46. The SMILES string of the molecule is CC(C)OC(=O)C(Cc1ncccn1)OC(=O)NC12CCC(CC1)CC2.CC(C)OC(=O)C(O)Cc1ncccn1.NC12CCC(CC1)CC2.O=C=NC12CCC(CC1)CC2. The van der Waals surface area contributed by atoms with Gasteiger partial charge in [0.25, 0.3) is 0 Å². The predicted octanol–water partition coefficient (Wildman–Crippen LogP) is 6.83. The normalized spacial score (nSPS) is 28.8. The molecule has 0 radical (unpaired) electrons. The van der Waals surface area contributed by atoms with E-state index in [1.807, 2.05) is 0 Å². The fourth-order valence-electron chi connectivity index (χ4n) is 9.67. The van der Waals surface area contributed by atoms with Gasteiger partial charge in [0.2, 0.25) is 12.2 Å². The van der Waals surface area contributed by atoms with Crippen molar-refractivity contribution in [2.24, 2.45) is 28.5 Å². The van der Waals surface area contributed by atoms with Crippen molar-refractivity contribution in [2.75, 3.05) is 0 Å². The number of nitrogens with two attached hydrogens (primary N) is 1. The first-order chi connectivity index (χ1) is 29.2. The molecule has 2 atom stereocenters. The van der Waals surface area contributed by atoms with E-state index in [4.69, 9.17) is 19.9 Å². The van der Waals surface area contributed by atoms with Crippen molar-refractivity contribution in [1.82, 2.24) is 25.3 Å². The molecule has 9 aliphatic carbocycles. The Morgan fingerprint density at radius 3 is 1.51 bits per heavy atom. The van der Waals surface area contributed by atoms with Crippen molar-refractivity contribution in [2.45, 2.75) is 197 Å². The Morgan fingerprint density at radius 2 is 1.10 bits per heavy atom. The molecule has 4 N–H and O–H groups in total. The molecule has 11 rings (SSSR count). The number of rotatable bonds is 11. The zero-order valence-electron chi connectivity index (χ0n) is 36.8. The largest absolute Gasteiger partial charge is 0.461 e. The number of aliphatic imine (C=N–C) groups is 1. The van der Waals surface area contributed by atoms with Crippen LogP contribution in [0.1, 0.15) is 155 Å². The fourth-order valence-corrected chi connectivity index (χ4v) is 9.67. The zero-order valence-corrected chi connectivity index (χ0v) is 36.8. The lowest BCUT2D eigenvalue weighted by molar-refractivity contribution is -0.158. The lowest BCUT2D eigenvalue weighted by Crippen LogP contribution is -2.54. The number of amides is 1. The first-order valence-corrected chi connectivity index (χ1v) is 22.7. The van der Waals surface area contributed by atoms with Crippen LogP contribution in [0.3, 0.4) is 0 Å². The van der Waals surface area contributed by atoms with Crippen molar-refractivity contribution < 1.29 is 38.5 Å². The number of nitrogens with zero attached hydrogens (tertiary/aromatic N) is 5. The van der Waals surface area contributed by atoms with E-state index in [2.05, 4.69) is 30.2 Å². The highest BCUT2D eigenvalue weighted by molar-refractivity contribution is 5.79. The Kier molecular flexibility index (Phi) is 17.7. The van der Waals surface area contributed by atoms with Gasteiger partial charge < -0.3 is 30.4 Å². The monoisotopic (exact) mass is 848 g/mol. The molecule has 0 saturated heterocycles. The van der Waals surface area contributed by atoms with E-state index in [0.29, 0.717) is 11.6 Å². The van der Waals surface area contributed by atoms with E-state index in [-0.39, 0.29) is 41.7 Å². The highest BCUT2D eigenvalue weighted by Crippen LogP contribution is 2.46. The van der Waals surface area contributed by atoms with Gasteiger partial charge in [-0.25, -0.2) is 39.1 Å². The number of ether oxygens (including phenoxy) is 3. The summed E-state index contributed by atoms with van der Waals surface area (Å²) in [7, 11) is 0. The highest BCUT2D eigenvalue weighted by atomic mass is 16.6. The van der Waals surface area contributed by atoms with Crippen LogP contribution in [0.5, 0.6) is 0 Å². The molecular formula is C46H69N7O8. The smallest absolute Gasteiger partial charge is 0.408 e. The van der Waals surface area contributed by atoms with Crippen LogP contribution in [-0.4, -0.2) is 90.2 Å². The van der Waals surface area contributed by atoms with Gasteiger partial charge in [0.05, 0.1) is 24.2 Å². The molecule has 15 nitrogen and oxygen atoms in total. The molecule has 9 saturated carbocycles. The molecule has 6 bridgehead atoms. The van der Waals surface area contributed by atoms with Gasteiger partial charge in [-0.05, 0) is 173 Å². The van der Waals surface area contributed by atoms with Crippen LogP contribution in [0.2, 0.25) is 0 Å². The molecule has 2 heterocycles. The van der Waals surface area contributed by atoms with Gasteiger partial charge in [0.15, 0.2) is 6.10 Å². The van der Waals surface area contributed by atoms with Crippen molar-refractivity contribution in [1.29, 1.82) is 0 Å². The maximum absolute atomic E-state index is 12.5. The Bertz CT molecular complexity index is 1680. The molecule has 61 heavy (non-hydrogen) atoms. The molecule has 0 aromatic carbocycles. The van der Waals surface area contributed by atoms with Gasteiger partial charge in [-0.15, -0.1) is 0 Å². The number of carbonyl (C=O) groups excluding carboxylic acids is 4. The summed E-state index contributed by atoms with van der Waals surface area (Å²) in [4.78, 5) is 66.2. The average molecular weight is 848 g/mol. The van der Waals surface area contributed by atoms with Gasteiger partial charge in [0.1, 0.15) is 11.6 Å². The Balaban J connectivity index is 0.000000169. The van der Waals surface area contributed by atoms with E-state index in [9.17, 15) is 24.3 Å². The molecule has 0 spiro atoms. The van der Waals surface area contributed by atoms with Gasteiger partial charge in [-0.3, -0.25) is 0 Å². The van der Waals surface area contributed by atoms with Crippen LogP contribution in [0.4, 0.5) is 4.79 Å². The number of alkyl carbamates (subject to hydrolysis) is 1. The predicted molar refractivity (Wildman–Crippen MR) is 227 cm³/mol. The van der Waals surface area contributed by atoms with Crippen molar-refractivity contribution >= 4 is 24.1 Å². The number of nitrogens with one attached hydrogen (secondary N) is 1. The highest BCUT2D eigenvalue weighted by Gasteiger charge is 2.43. The fraction of sp³-hybridized carbons (Fsp3) is 0.739. The maximum atomic E-state index is 12.5. The van der Waals surface area contributed by atoms with Gasteiger partial charge in [-0.2, -0.15) is 4.99 Å². The minimum atomic E-state index is -1.20. The number of aromatic nitrogens is 4. The quantitative estimate of drug-likeness (QED) is 0.0915. The number of carbonyl (C=O) groups is 3. The van der Waals surface area contributed by atoms with Crippen molar-refractivity contribution in [3.63, 3.8) is 0 Å². The number of isocyanates is 1. The average Bonchev–Trinajstić information content (AvgIpc) is 3.26. The molecule has 336 valence electrons. The second-order valence-electron chi connectivity index (χ2n) is 18.8. The molecule has 1 amide bonds. The van der Waals surface area contributed by atoms with E-state index in [1.165, 1.54) is 57.8 Å². The summed E-state index contributed by atoms with van der Waals surface area (Å²) >= 11 is 0. The van der Waals surface area contributed by atoms with Gasteiger partial charge >= 0.3 is 18.0 Å². The standard InChI is InChI=1S/C19H27N3O4.C10H14N2O3.C9H13NO.C8H15N/c1-13(2)25-17(23)15(12-16-20-10-3-11-21-16)26-18(24)22-19-7-4-14(5-8-19)6-9-19;1-7(2)15-10(14)8(13)6-9-11-4-3-5-12-9;11-7-10-9-4-1-8(2-5-9)3-6-9;9-8-4-1-7(2-5-8)3-6-8/h3,10-11,13-15H,4-9,12H2,1-2H3,(H,22,24);3-5,7-8,13H,6H2,1-2H3;8H,1-6H2;7H,1-6,9H2. The van der Waals surface area contributed by atoms with Crippen molar-refractivity contribution in [3.8, 4) is 0 Å². The molecule has 9 fully saturated rings. The van der Waals surface area contributed by atoms with E-state index in [1.54, 1.807) is 70.7 Å². The summed E-state index contributed by atoms with van der Waals surface area (Å²) in [6.45, 7) is 6.97. The summed E-state index contributed by atoms with van der Waals surface area (Å²) in [5.41, 5.74) is 6.24. The summed E-state index contributed by atoms with van der Waals surface area (Å²) in [6.07, 6.45) is 26.6. The number of hydrogen-bond acceptors (Lipinski definition) is 14. The molecule has 2 unspecified atom stereocenters. The number of hydrogen-bond donors (Lipinski definition) is 3. The van der Waals surface area contributed by atoms with Crippen LogP contribution in [0, 0.1) is 17.8 Å².